The van der Waals surface area contributed by atoms with E-state index >= 15 is 0 Å². The molecule has 1 amide bonds. The average molecular weight is 277 g/mol. The minimum Gasteiger partial charge on any atom is -0.506 e. The van der Waals surface area contributed by atoms with Crippen molar-refractivity contribution in [2.75, 3.05) is 31.1 Å². The number of anilines is 1. The number of piperazine rings is 1. The molecule has 2 rings (SSSR count). The molecule has 1 aromatic rings. The van der Waals surface area contributed by atoms with Gasteiger partial charge in [0, 0.05) is 26.2 Å². The second kappa shape index (κ2) is 6.61. The molecule has 1 aliphatic rings. The van der Waals surface area contributed by atoms with Crippen molar-refractivity contribution in [1.29, 1.82) is 0 Å². The van der Waals surface area contributed by atoms with Crippen molar-refractivity contribution in [3.8, 4) is 5.75 Å². The number of phenols is 1. The highest BCUT2D eigenvalue weighted by atomic mass is 16.3. The van der Waals surface area contributed by atoms with Gasteiger partial charge in [-0.05, 0) is 18.6 Å². The maximum absolute atomic E-state index is 12.1. The fourth-order valence-electron chi connectivity index (χ4n) is 2.57. The van der Waals surface area contributed by atoms with Crippen LogP contribution in [0.1, 0.15) is 19.8 Å². The number of carbonyl (C=O) groups is 1. The van der Waals surface area contributed by atoms with E-state index in [1.54, 1.807) is 6.07 Å². The Morgan fingerprint density at radius 1 is 1.30 bits per heavy atom. The zero-order valence-electron chi connectivity index (χ0n) is 12.0. The summed E-state index contributed by atoms with van der Waals surface area (Å²) in [6.07, 6.45) is 1.66. The van der Waals surface area contributed by atoms with Gasteiger partial charge >= 0.3 is 0 Å². The second-order valence-corrected chi connectivity index (χ2v) is 5.20. The first-order valence-corrected chi connectivity index (χ1v) is 7.20. The Morgan fingerprint density at radius 3 is 2.55 bits per heavy atom. The molecule has 0 saturated carbocycles. The smallest absolute Gasteiger partial charge is 0.239 e. The molecule has 0 radical (unpaired) electrons. The first-order valence-electron chi connectivity index (χ1n) is 7.20. The average Bonchev–Trinajstić information content (AvgIpc) is 2.47. The van der Waals surface area contributed by atoms with Crippen LogP contribution in [0.3, 0.4) is 0 Å². The van der Waals surface area contributed by atoms with Crippen LogP contribution < -0.4 is 10.6 Å². The third-order valence-corrected chi connectivity index (χ3v) is 3.73. The van der Waals surface area contributed by atoms with Crippen molar-refractivity contribution >= 4 is 11.6 Å². The molecule has 0 spiro atoms. The van der Waals surface area contributed by atoms with Crippen molar-refractivity contribution in [1.82, 2.24) is 4.90 Å². The number of nitrogens with two attached hydrogens (primary N) is 1. The minimum absolute atomic E-state index is 0.0452. The molecular weight excluding hydrogens is 254 g/mol. The van der Waals surface area contributed by atoms with Crippen LogP contribution in [0, 0.1) is 0 Å². The van der Waals surface area contributed by atoms with Gasteiger partial charge in [-0.15, -0.1) is 0 Å². The lowest BCUT2D eigenvalue weighted by atomic mass is 10.1. The van der Waals surface area contributed by atoms with Crippen molar-refractivity contribution in [3.63, 3.8) is 0 Å². The molecule has 1 aromatic carbocycles. The van der Waals surface area contributed by atoms with E-state index in [4.69, 9.17) is 5.73 Å². The lowest BCUT2D eigenvalue weighted by molar-refractivity contribution is -0.133. The summed E-state index contributed by atoms with van der Waals surface area (Å²) >= 11 is 0. The van der Waals surface area contributed by atoms with Gasteiger partial charge in [0.15, 0.2) is 0 Å². The van der Waals surface area contributed by atoms with Crippen LogP contribution >= 0.6 is 0 Å². The predicted octanol–water partition coefficient (Wildman–Crippen LogP) is 1.17. The van der Waals surface area contributed by atoms with Crippen molar-refractivity contribution in [2.24, 2.45) is 5.73 Å². The lowest BCUT2D eigenvalue weighted by Crippen LogP contribution is -2.53. The fourth-order valence-corrected chi connectivity index (χ4v) is 2.57. The van der Waals surface area contributed by atoms with Crippen LogP contribution in [0.2, 0.25) is 0 Å². The molecule has 1 fully saturated rings. The van der Waals surface area contributed by atoms with Crippen molar-refractivity contribution < 1.29 is 9.90 Å². The molecule has 5 heteroatoms. The summed E-state index contributed by atoms with van der Waals surface area (Å²) in [5.74, 6) is 0.332. The van der Waals surface area contributed by atoms with E-state index in [1.807, 2.05) is 30.0 Å². The number of hydrogen-bond acceptors (Lipinski definition) is 4. The highest BCUT2D eigenvalue weighted by Crippen LogP contribution is 2.27. The van der Waals surface area contributed by atoms with E-state index < -0.39 is 0 Å². The molecule has 110 valence electrons. The van der Waals surface area contributed by atoms with Crippen LogP contribution in [0.15, 0.2) is 24.3 Å². The van der Waals surface area contributed by atoms with E-state index in [-0.39, 0.29) is 17.7 Å². The minimum atomic E-state index is -0.378. The number of phenolic OH excluding ortho intramolecular Hbond substituents is 1. The third-order valence-electron chi connectivity index (χ3n) is 3.73. The first kappa shape index (κ1) is 14.7. The number of aromatic hydroxyl groups is 1. The summed E-state index contributed by atoms with van der Waals surface area (Å²) in [6, 6.07) is 6.92. The van der Waals surface area contributed by atoms with Gasteiger partial charge in [-0.2, -0.15) is 0 Å². The molecule has 1 saturated heterocycles. The molecule has 0 aromatic heterocycles. The van der Waals surface area contributed by atoms with Crippen molar-refractivity contribution in [2.45, 2.75) is 25.8 Å². The normalized spacial score (nSPS) is 17.1. The SMILES string of the molecule is CCC[C@H](N)C(=O)N1CCN(c2ccccc2O)CC1. The summed E-state index contributed by atoms with van der Waals surface area (Å²) in [4.78, 5) is 16.1. The maximum atomic E-state index is 12.1. The zero-order valence-corrected chi connectivity index (χ0v) is 12.0. The molecule has 1 aliphatic heterocycles. The summed E-state index contributed by atoms with van der Waals surface area (Å²) < 4.78 is 0. The van der Waals surface area contributed by atoms with Gasteiger partial charge < -0.3 is 20.6 Å². The second-order valence-electron chi connectivity index (χ2n) is 5.20. The Labute approximate surface area is 120 Å². The Kier molecular flexibility index (Phi) is 4.84. The number of amides is 1. The first-order chi connectivity index (χ1) is 9.63. The van der Waals surface area contributed by atoms with Gasteiger partial charge in [0.25, 0.3) is 0 Å². The molecule has 1 heterocycles. The van der Waals surface area contributed by atoms with Gasteiger partial charge in [-0.3, -0.25) is 4.79 Å². The van der Waals surface area contributed by atoms with Crippen molar-refractivity contribution in [3.05, 3.63) is 24.3 Å². The number of rotatable bonds is 4. The van der Waals surface area contributed by atoms with Gasteiger partial charge in [-0.1, -0.05) is 25.5 Å². The number of hydrogen-bond donors (Lipinski definition) is 2. The Morgan fingerprint density at radius 2 is 1.95 bits per heavy atom. The third kappa shape index (κ3) is 3.22. The molecule has 1 atom stereocenters. The lowest BCUT2D eigenvalue weighted by Gasteiger charge is -2.37. The summed E-state index contributed by atoms with van der Waals surface area (Å²) in [7, 11) is 0. The number of para-hydroxylation sites is 2. The van der Waals surface area contributed by atoms with E-state index in [0.717, 1.165) is 31.6 Å². The molecule has 20 heavy (non-hydrogen) atoms. The van der Waals surface area contributed by atoms with Gasteiger partial charge in [0.2, 0.25) is 5.91 Å². The topological polar surface area (TPSA) is 69.8 Å². The predicted molar refractivity (Wildman–Crippen MR) is 79.8 cm³/mol. The van der Waals surface area contributed by atoms with Crippen LogP contribution in [-0.2, 0) is 4.79 Å². The number of benzene rings is 1. The highest BCUT2D eigenvalue weighted by molar-refractivity contribution is 5.82. The molecule has 5 nitrogen and oxygen atoms in total. The molecule has 0 aliphatic carbocycles. The maximum Gasteiger partial charge on any atom is 0.239 e. The van der Waals surface area contributed by atoms with Gasteiger partial charge in [0.05, 0.1) is 11.7 Å². The summed E-state index contributed by atoms with van der Waals surface area (Å²) in [5.41, 5.74) is 6.71. The van der Waals surface area contributed by atoms with E-state index in [9.17, 15) is 9.90 Å². The molecule has 0 unspecified atom stereocenters. The Hall–Kier alpha value is -1.75. The summed E-state index contributed by atoms with van der Waals surface area (Å²) in [6.45, 7) is 4.79. The monoisotopic (exact) mass is 277 g/mol. The van der Waals surface area contributed by atoms with Crippen LogP contribution in [0.4, 0.5) is 5.69 Å². The number of nitrogens with zero attached hydrogens (tertiary/aromatic N) is 2. The standard InChI is InChI=1S/C15H23N3O2/c1-2-5-12(16)15(20)18-10-8-17(9-11-18)13-6-3-4-7-14(13)19/h3-4,6-7,12,19H,2,5,8-11,16H2,1H3/t12-/m0/s1. The van der Waals surface area contributed by atoms with Crippen LogP contribution in [0.25, 0.3) is 0 Å². The van der Waals surface area contributed by atoms with Crippen LogP contribution in [-0.4, -0.2) is 48.1 Å². The Balaban J connectivity index is 1.93. The van der Waals surface area contributed by atoms with Gasteiger partial charge in [-0.25, -0.2) is 0 Å². The Bertz CT molecular complexity index is 456. The largest absolute Gasteiger partial charge is 0.506 e. The number of carbonyl (C=O) groups excluding carboxylic acids is 1. The molecule has 0 bridgehead atoms. The quantitative estimate of drug-likeness (QED) is 0.866. The van der Waals surface area contributed by atoms with Gasteiger partial charge in [0.1, 0.15) is 5.75 Å². The zero-order chi connectivity index (χ0) is 14.5. The molecular formula is C15H23N3O2. The van der Waals surface area contributed by atoms with E-state index in [1.165, 1.54) is 0 Å². The summed E-state index contributed by atoms with van der Waals surface area (Å²) in [5, 5.41) is 9.85. The highest BCUT2D eigenvalue weighted by Gasteiger charge is 2.25. The van der Waals surface area contributed by atoms with Crippen LogP contribution in [0.5, 0.6) is 5.75 Å². The fraction of sp³-hybridized carbons (Fsp3) is 0.533. The van der Waals surface area contributed by atoms with E-state index in [2.05, 4.69) is 4.90 Å². The van der Waals surface area contributed by atoms with E-state index in [0.29, 0.717) is 13.1 Å². The molecule has 3 N–H and O–H groups in total.